The summed E-state index contributed by atoms with van der Waals surface area (Å²) in [7, 11) is 0. The fourth-order valence-electron chi connectivity index (χ4n) is 3.58. The highest BCUT2D eigenvalue weighted by molar-refractivity contribution is 5.99. The van der Waals surface area contributed by atoms with Crippen LogP contribution in [0.3, 0.4) is 0 Å². The molecule has 130 valence electrons. The van der Waals surface area contributed by atoms with E-state index in [9.17, 15) is 14.0 Å². The molecule has 2 aromatic rings. The molecule has 25 heavy (non-hydrogen) atoms. The van der Waals surface area contributed by atoms with Gasteiger partial charge in [-0.2, -0.15) is 0 Å². The van der Waals surface area contributed by atoms with E-state index in [4.69, 9.17) is 11.5 Å². The predicted molar refractivity (Wildman–Crippen MR) is 93.7 cm³/mol. The van der Waals surface area contributed by atoms with E-state index in [0.29, 0.717) is 31.6 Å². The van der Waals surface area contributed by atoms with Gasteiger partial charge < -0.3 is 16.4 Å². The second kappa shape index (κ2) is 6.55. The second-order valence-electron chi connectivity index (χ2n) is 6.30. The first kappa shape index (κ1) is 17.0. The summed E-state index contributed by atoms with van der Waals surface area (Å²) < 4.78 is 14.0. The lowest BCUT2D eigenvalue weighted by molar-refractivity contribution is -0.124. The van der Waals surface area contributed by atoms with Gasteiger partial charge in [-0.05, 0) is 30.5 Å². The highest BCUT2D eigenvalue weighted by Gasteiger charge is 2.41. The summed E-state index contributed by atoms with van der Waals surface area (Å²) in [6, 6.07) is 13.9. The minimum atomic E-state index is -0.803. The fourth-order valence-corrected chi connectivity index (χ4v) is 3.58. The number of hydrogen-bond donors (Lipinski definition) is 2. The second-order valence-corrected chi connectivity index (χ2v) is 6.30. The largest absolute Gasteiger partial charge is 0.371 e. The molecule has 3 rings (SSSR count). The number of benzene rings is 2. The van der Waals surface area contributed by atoms with E-state index >= 15 is 0 Å². The zero-order valence-corrected chi connectivity index (χ0v) is 13.7. The minimum absolute atomic E-state index is 0.117. The maximum Gasteiger partial charge on any atom is 0.253 e. The zero-order valence-electron chi connectivity index (χ0n) is 13.7. The van der Waals surface area contributed by atoms with Crippen molar-refractivity contribution in [2.75, 3.05) is 18.0 Å². The number of nitrogens with two attached hydrogens (primary N) is 2. The van der Waals surface area contributed by atoms with E-state index in [1.54, 1.807) is 12.1 Å². The van der Waals surface area contributed by atoms with Crippen molar-refractivity contribution in [1.82, 2.24) is 0 Å². The number of hydrogen-bond acceptors (Lipinski definition) is 3. The molecule has 1 heterocycles. The van der Waals surface area contributed by atoms with Gasteiger partial charge in [0.15, 0.2) is 0 Å². The summed E-state index contributed by atoms with van der Waals surface area (Å²) in [6.07, 6.45) is 0.974. The van der Waals surface area contributed by atoms with E-state index in [1.807, 2.05) is 35.2 Å². The molecule has 0 atom stereocenters. The van der Waals surface area contributed by atoms with Crippen LogP contribution in [-0.2, 0) is 10.2 Å². The molecule has 6 heteroatoms. The van der Waals surface area contributed by atoms with Crippen LogP contribution in [0.5, 0.6) is 0 Å². The Kier molecular flexibility index (Phi) is 4.44. The topological polar surface area (TPSA) is 89.4 Å². The lowest BCUT2D eigenvalue weighted by Gasteiger charge is -2.41. The van der Waals surface area contributed by atoms with Crippen molar-refractivity contribution in [2.45, 2.75) is 18.3 Å². The summed E-state index contributed by atoms with van der Waals surface area (Å²) in [6.45, 7) is 0.948. The molecule has 2 amide bonds. The molecule has 4 N–H and O–H groups in total. The number of halogens is 1. The Morgan fingerprint density at radius 1 is 0.960 bits per heavy atom. The molecule has 1 aliphatic rings. The van der Waals surface area contributed by atoms with E-state index in [0.717, 1.165) is 5.56 Å². The summed E-state index contributed by atoms with van der Waals surface area (Å²) in [5.74, 6) is -1.81. The molecule has 1 saturated heterocycles. The summed E-state index contributed by atoms with van der Waals surface area (Å²) in [5.41, 5.74) is 11.5. The van der Waals surface area contributed by atoms with Gasteiger partial charge >= 0.3 is 0 Å². The highest BCUT2D eigenvalue weighted by atomic mass is 19.1. The monoisotopic (exact) mass is 341 g/mol. The minimum Gasteiger partial charge on any atom is -0.371 e. The van der Waals surface area contributed by atoms with Crippen LogP contribution in [0.2, 0.25) is 0 Å². The van der Waals surface area contributed by atoms with Crippen molar-refractivity contribution in [3.05, 3.63) is 65.5 Å². The molecule has 1 aliphatic heterocycles. The van der Waals surface area contributed by atoms with Crippen LogP contribution >= 0.6 is 0 Å². The van der Waals surface area contributed by atoms with Crippen LogP contribution < -0.4 is 16.4 Å². The van der Waals surface area contributed by atoms with E-state index < -0.39 is 17.1 Å². The van der Waals surface area contributed by atoms with E-state index in [1.165, 1.54) is 6.07 Å². The van der Waals surface area contributed by atoms with Crippen molar-refractivity contribution in [1.29, 1.82) is 0 Å². The molecule has 0 aliphatic carbocycles. The number of piperidine rings is 1. The van der Waals surface area contributed by atoms with Crippen molar-refractivity contribution in [2.24, 2.45) is 11.5 Å². The molecule has 5 nitrogen and oxygen atoms in total. The Bertz CT molecular complexity index is 800. The molecule has 0 unspecified atom stereocenters. The van der Waals surface area contributed by atoms with Gasteiger partial charge in [-0.3, -0.25) is 9.59 Å². The molecule has 0 bridgehead atoms. The number of primary amides is 2. The first-order chi connectivity index (χ1) is 12.0. The number of rotatable bonds is 4. The molecule has 1 fully saturated rings. The molecule has 0 radical (unpaired) electrons. The van der Waals surface area contributed by atoms with Gasteiger partial charge in [0.25, 0.3) is 5.91 Å². The number of carbonyl (C=O) groups is 2. The van der Waals surface area contributed by atoms with Gasteiger partial charge in [-0.1, -0.05) is 36.4 Å². The number of carbonyl (C=O) groups excluding carboxylic acids is 2. The molecule has 0 saturated carbocycles. The third kappa shape index (κ3) is 2.95. The standard InChI is InChI=1S/C19H20FN3O2/c20-14-7-4-8-15(16(14)17(21)24)23-11-9-19(10-12-23,18(22)25)13-5-2-1-3-6-13/h1-8H,9-12H2,(H2,21,24)(H2,22,25). The van der Waals surface area contributed by atoms with Gasteiger partial charge in [-0.15, -0.1) is 0 Å². The fraction of sp³-hybridized carbons (Fsp3) is 0.263. The van der Waals surface area contributed by atoms with Gasteiger partial charge in [0.05, 0.1) is 16.7 Å². The first-order valence-electron chi connectivity index (χ1n) is 8.14. The van der Waals surface area contributed by atoms with Crippen LogP contribution in [0.1, 0.15) is 28.8 Å². The molecule has 2 aromatic carbocycles. The Balaban J connectivity index is 1.90. The Labute approximate surface area is 145 Å². The Morgan fingerprint density at radius 3 is 2.16 bits per heavy atom. The van der Waals surface area contributed by atoms with Crippen LogP contribution in [0, 0.1) is 5.82 Å². The van der Waals surface area contributed by atoms with Crippen molar-refractivity contribution < 1.29 is 14.0 Å². The number of anilines is 1. The predicted octanol–water partition coefficient (Wildman–Crippen LogP) is 1.95. The van der Waals surface area contributed by atoms with E-state index in [2.05, 4.69) is 0 Å². The summed E-state index contributed by atoms with van der Waals surface area (Å²) in [4.78, 5) is 25.7. The number of nitrogens with zero attached hydrogens (tertiary/aromatic N) is 1. The zero-order chi connectivity index (χ0) is 18.0. The lowest BCUT2D eigenvalue weighted by Crippen LogP contribution is -2.50. The Hall–Kier alpha value is -2.89. The van der Waals surface area contributed by atoms with E-state index in [-0.39, 0.29) is 11.5 Å². The molecular weight excluding hydrogens is 321 g/mol. The normalized spacial score (nSPS) is 16.4. The average Bonchev–Trinajstić information content (AvgIpc) is 2.62. The smallest absolute Gasteiger partial charge is 0.253 e. The van der Waals surface area contributed by atoms with Crippen molar-refractivity contribution in [3.63, 3.8) is 0 Å². The van der Waals surface area contributed by atoms with Crippen LogP contribution in [0.25, 0.3) is 0 Å². The van der Waals surface area contributed by atoms with Gasteiger partial charge in [-0.25, -0.2) is 4.39 Å². The number of amides is 2. The van der Waals surface area contributed by atoms with Gasteiger partial charge in [0.1, 0.15) is 5.82 Å². The highest BCUT2D eigenvalue weighted by Crippen LogP contribution is 2.37. The maximum atomic E-state index is 14.0. The van der Waals surface area contributed by atoms with Crippen LogP contribution in [-0.4, -0.2) is 24.9 Å². The van der Waals surface area contributed by atoms with Gasteiger partial charge in [0, 0.05) is 13.1 Å². The quantitative estimate of drug-likeness (QED) is 0.891. The summed E-state index contributed by atoms with van der Waals surface area (Å²) >= 11 is 0. The van der Waals surface area contributed by atoms with Crippen LogP contribution in [0.4, 0.5) is 10.1 Å². The van der Waals surface area contributed by atoms with Crippen molar-refractivity contribution >= 4 is 17.5 Å². The van der Waals surface area contributed by atoms with Crippen LogP contribution in [0.15, 0.2) is 48.5 Å². The third-order valence-corrected chi connectivity index (χ3v) is 4.99. The first-order valence-corrected chi connectivity index (χ1v) is 8.14. The molecule has 0 aromatic heterocycles. The molecule has 0 spiro atoms. The Morgan fingerprint density at radius 2 is 1.60 bits per heavy atom. The van der Waals surface area contributed by atoms with Gasteiger partial charge in [0.2, 0.25) is 5.91 Å². The maximum absolute atomic E-state index is 14.0. The SMILES string of the molecule is NC(=O)c1c(F)cccc1N1CCC(C(N)=O)(c2ccccc2)CC1. The average molecular weight is 341 g/mol. The summed E-state index contributed by atoms with van der Waals surface area (Å²) in [5, 5.41) is 0. The van der Waals surface area contributed by atoms with Crippen molar-refractivity contribution in [3.8, 4) is 0 Å². The molecular formula is C19H20FN3O2. The lowest BCUT2D eigenvalue weighted by atomic mass is 9.72. The third-order valence-electron chi connectivity index (χ3n) is 4.99.